The molecule has 19 heavy (non-hydrogen) atoms. The van der Waals surface area contributed by atoms with Gasteiger partial charge in [0.1, 0.15) is 5.82 Å². The van der Waals surface area contributed by atoms with Crippen LogP contribution in [0.1, 0.15) is 5.56 Å². The van der Waals surface area contributed by atoms with Gasteiger partial charge in [0.05, 0.1) is 16.9 Å². The third-order valence-corrected chi connectivity index (χ3v) is 2.49. The minimum atomic E-state index is -4.57. The topological polar surface area (TPSA) is 38.0 Å². The molecule has 0 aliphatic heterocycles. The molecule has 2 aromatic rings. The minimum absolute atomic E-state index is 0.00795. The molecule has 0 spiro atoms. The second-order valence-corrected chi connectivity index (χ2v) is 3.91. The Hall–Kier alpha value is -2.24. The maximum Gasteiger partial charge on any atom is 0.418 e. The van der Waals surface area contributed by atoms with Crippen LogP contribution in [0.5, 0.6) is 0 Å². The number of rotatable bonds is 2. The van der Waals surface area contributed by atoms with Crippen LogP contribution in [0.2, 0.25) is 0 Å². The van der Waals surface area contributed by atoms with E-state index >= 15 is 0 Å². The first-order chi connectivity index (χ1) is 8.88. The number of para-hydroxylation sites is 1. The summed E-state index contributed by atoms with van der Waals surface area (Å²) in [6, 6.07) is 8.79. The number of anilines is 3. The van der Waals surface area contributed by atoms with Gasteiger partial charge in [0.25, 0.3) is 0 Å². The van der Waals surface area contributed by atoms with Crippen molar-refractivity contribution in [2.24, 2.45) is 0 Å². The van der Waals surface area contributed by atoms with E-state index in [1.165, 1.54) is 30.3 Å². The van der Waals surface area contributed by atoms with E-state index in [1.54, 1.807) is 0 Å². The molecule has 0 bridgehead atoms. The van der Waals surface area contributed by atoms with E-state index in [1.807, 2.05) is 0 Å². The van der Waals surface area contributed by atoms with Gasteiger partial charge in [-0.25, -0.2) is 4.39 Å². The van der Waals surface area contributed by atoms with Crippen molar-refractivity contribution < 1.29 is 17.6 Å². The molecule has 2 nitrogen and oxygen atoms in total. The molecule has 0 saturated carbocycles. The van der Waals surface area contributed by atoms with Crippen LogP contribution >= 0.6 is 0 Å². The summed E-state index contributed by atoms with van der Waals surface area (Å²) in [4.78, 5) is 0. The Morgan fingerprint density at radius 2 is 1.63 bits per heavy atom. The van der Waals surface area contributed by atoms with Crippen LogP contribution in [0.25, 0.3) is 0 Å². The average molecular weight is 270 g/mol. The Labute approximate surface area is 106 Å². The second kappa shape index (κ2) is 4.79. The Morgan fingerprint density at radius 1 is 0.947 bits per heavy atom. The highest BCUT2D eigenvalue weighted by atomic mass is 19.4. The summed E-state index contributed by atoms with van der Waals surface area (Å²) in [7, 11) is 0. The standard InChI is InChI=1S/C13H10F4N2/c14-10-3-1-2-4-12(10)19-11-6-5-8(18)7-9(11)13(15,16)17/h1-7,19H,18H2. The molecule has 3 N–H and O–H groups in total. The molecule has 0 saturated heterocycles. The number of benzene rings is 2. The third kappa shape index (κ3) is 2.96. The van der Waals surface area contributed by atoms with Gasteiger partial charge in [0, 0.05) is 5.69 Å². The number of nitrogens with one attached hydrogen (secondary N) is 1. The molecule has 0 aliphatic rings. The molecule has 6 heteroatoms. The van der Waals surface area contributed by atoms with Gasteiger partial charge < -0.3 is 11.1 Å². The zero-order valence-electron chi connectivity index (χ0n) is 9.63. The first-order valence-corrected chi connectivity index (χ1v) is 5.36. The molecule has 0 aromatic heterocycles. The van der Waals surface area contributed by atoms with Gasteiger partial charge in [-0.2, -0.15) is 13.2 Å². The zero-order valence-corrected chi connectivity index (χ0v) is 9.63. The van der Waals surface area contributed by atoms with Crippen LogP contribution < -0.4 is 11.1 Å². The van der Waals surface area contributed by atoms with Gasteiger partial charge in [0.15, 0.2) is 0 Å². The smallest absolute Gasteiger partial charge is 0.399 e. The van der Waals surface area contributed by atoms with Gasteiger partial charge in [-0.15, -0.1) is 0 Å². The normalized spacial score (nSPS) is 11.4. The fourth-order valence-electron chi connectivity index (χ4n) is 1.61. The summed E-state index contributed by atoms with van der Waals surface area (Å²) in [6.45, 7) is 0. The molecule has 0 amide bonds. The van der Waals surface area contributed by atoms with E-state index < -0.39 is 17.6 Å². The summed E-state index contributed by atoms with van der Waals surface area (Å²) in [5, 5.41) is 2.42. The molecule has 0 radical (unpaired) electrons. The van der Waals surface area contributed by atoms with Gasteiger partial charge in [-0.3, -0.25) is 0 Å². The molecule has 0 heterocycles. The zero-order chi connectivity index (χ0) is 14.0. The highest BCUT2D eigenvalue weighted by Gasteiger charge is 2.33. The maximum absolute atomic E-state index is 13.4. The Balaban J connectivity index is 2.44. The highest BCUT2D eigenvalue weighted by Crippen LogP contribution is 2.37. The lowest BCUT2D eigenvalue weighted by molar-refractivity contribution is -0.136. The Morgan fingerprint density at radius 3 is 2.26 bits per heavy atom. The number of hydrogen-bond acceptors (Lipinski definition) is 2. The predicted octanol–water partition coefficient (Wildman–Crippen LogP) is 4.17. The predicted molar refractivity (Wildman–Crippen MR) is 65.5 cm³/mol. The molecular weight excluding hydrogens is 260 g/mol. The number of nitrogen functional groups attached to an aromatic ring is 1. The summed E-state index contributed by atoms with van der Waals surface area (Å²) in [5.74, 6) is -0.632. The van der Waals surface area contributed by atoms with E-state index in [9.17, 15) is 17.6 Å². The van der Waals surface area contributed by atoms with Crippen molar-refractivity contribution in [2.45, 2.75) is 6.18 Å². The van der Waals surface area contributed by atoms with E-state index in [0.717, 1.165) is 12.1 Å². The largest absolute Gasteiger partial charge is 0.418 e. The number of hydrogen-bond donors (Lipinski definition) is 2. The molecule has 100 valence electrons. The highest BCUT2D eigenvalue weighted by molar-refractivity contribution is 5.67. The lowest BCUT2D eigenvalue weighted by atomic mass is 10.1. The first kappa shape index (κ1) is 13.2. The third-order valence-electron chi connectivity index (χ3n) is 2.49. The summed E-state index contributed by atoms with van der Waals surface area (Å²) in [5.41, 5.74) is 4.13. The van der Waals surface area contributed by atoms with Gasteiger partial charge in [0.2, 0.25) is 0 Å². The molecule has 2 aromatic carbocycles. The molecule has 0 atom stereocenters. The summed E-state index contributed by atoms with van der Waals surface area (Å²) in [6.07, 6.45) is -4.57. The average Bonchev–Trinajstić information content (AvgIpc) is 2.33. The molecule has 0 fully saturated rings. The van der Waals surface area contributed by atoms with Gasteiger partial charge in [-0.1, -0.05) is 12.1 Å². The summed E-state index contributed by atoms with van der Waals surface area (Å²) < 4.78 is 51.9. The van der Waals surface area contributed by atoms with Crippen LogP contribution in [-0.2, 0) is 6.18 Å². The van der Waals surface area contributed by atoms with Crippen molar-refractivity contribution in [2.75, 3.05) is 11.1 Å². The van der Waals surface area contributed by atoms with Crippen molar-refractivity contribution in [1.29, 1.82) is 0 Å². The van der Waals surface area contributed by atoms with Gasteiger partial charge >= 0.3 is 6.18 Å². The fraction of sp³-hybridized carbons (Fsp3) is 0.0769. The van der Waals surface area contributed by atoms with Crippen molar-refractivity contribution in [1.82, 2.24) is 0 Å². The minimum Gasteiger partial charge on any atom is -0.399 e. The van der Waals surface area contributed by atoms with Gasteiger partial charge in [-0.05, 0) is 30.3 Å². The van der Waals surface area contributed by atoms with Crippen molar-refractivity contribution in [3.05, 3.63) is 53.8 Å². The van der Waals surface area contributed by atoms with Crippen LogP contribution in [0.3, 0.4) is 0 Å². The summed E-state index contributed by atoms with van der Waals surface area (Å²) >= 11 is 0. The van der Waals surface area contributed by atoms with Crippen LogP contribution in [-0.4, -0.2) is 0 Å². The molecule has 2 rings (SSSR count). The lowest BCUT2D eigenvalue weighted by Gasteiger charge is -2.15. The first-order valence-electron chi connectivity index (χ1n) is 5.36. The molecular formula is C13H10F4N2. The van der Waals surface area contributed by atoms with E-state index in [2.05, 4.69) is 5.32 Å². The fourth-order valence-corrected chi connectivity index (χ4v) is 1.61. The number of alkyl halides is 3. The van der Waals surface area contributed by atoms with Crippen molar-refractivity contribution in [3.63, 3.8) is 0 Å². The van der Waals surface area contributed by atoms with E-state index in [-0.39, 0.29) is 17.1 Å². The van der Waals surface area contributed by atoms with E-state index in [4.69, 9.17) is 5.73 Å². The van der Waals surface area contributed by atoms with Crippen molar-refractivity contribution in [3.8, 4) is 0 Å². The van der Waals surface area contributed by atoms with Crippen molar-refractivity contribution >= 4 is 17.1 Å². The quantitative estimate of drug-likeness (QED) is 0.635. The maximum atomic E-state index is 13.4. The lowest BCUT2D eigenvalue weighted by Crippen LogP contribution is -2.10. The monoisotopic (exact) mass is 270 g/mol. The van der Waals surface area contributed by atoms with Crippen LogP contribution in [0.15, 0.2) is 42.5 Å². The molecule has 0 aliphatic carbocycles. The molecule has 0 unspecified atom stereocenters. The SMILES string of the molecule is Nc1ccc(Nc2ccccc2F)c(C(F)(F)F)c1. The van der Waals surface area contributed by atoms with Crippen LogP contribution in [0.4, 0.5) is 34.6 Å². The Kier molecular flexibility index (Phi) is 3.33. The van der Waals surface area contributed by atoms with E-state index in [0.29, 0.717) is 0 Å². The van der Waals surface area contributed by atoms with Crippen LogP contribution in [0, 0.1) is 5.82 Å². The number of halogens is 4. The Bertz CT molecular complexity index is 593. The number of nitrogens with two attached hydrogens (primary N) is 1. The second-order valence-electron chi connectivity index (χ2n) is 3.91.